The van der Waals surface area contributed by atoms with Crippen molar-refractivity contribution in [1.82, 2.24) is 14.5 Å². The van der Waals surface area contributed by atoms with Crippen molar-refractivity contribution in [3.05, 3.63) is 50.1 Å². The lowest BCUT2D eigenvalue weighted by Crippen LogP contribution is -2.32. The number of hydrogen-bond donors (Lipinski definition) is 0. The van der Waals surface area contributed by atoms with Gasteiger partial charge in [-0.05, 0) is 57.1 Å². The van der Waals surface area contributed by atoms with E-state index in [0.29, 0.717) is 11.0 Å². The molecule has 7 heteroatoms. The number of thiophene rings is 1. The molecule has 1 aliphatic heterocycles. The van der Waals surface area contributed by atoms with E-state index < -0.39 is 0 Å². The Hall–Kier alpha value is -1.89. The van der Waals surface area contributed by atoms with E-state index in [4.69, 9.17) is 16.6 Å². The Morgan fingerprint density at radius 1 is 1.22 bits per heavy atom. The first-order valence-electron chi connectivity index (χ1n) is 9.30. The molecule has 0 radical (unpaired) electrons. The summed E-state index contributed by atoms with van der Waals surface area (Å²) in [6, 6.07) is 7.41. The van der Waals surface area contributed by atoms with E-state index in [1.54, 1.807) is 15.9 Å². The van der Waals surface area contributed by atoms with Crippen LogP contribution >= 0.6 is 22.9 Å². The van der Waals surface area contributed by atoms with Crippen molar-refractivity contribution in [2.45, 2.75) is 26.8 Å². The van der Waals surface area contributed by atoms with Crippen LogP contribution in [0.15, 0.2) is 29.1 Å². The molecule has 3 heterocycles. The summed E-state index contributed by atoms with van der Waals surface area (Å²) in [4.78, 5) is 25.1. The summed E-state index contributed by atoms with van der Waals surface area (Å²) in [5.74, 6) is 0.701. The van der Waals surface area contributed by atoms with Crippen LogP contribution in [0.5, 0.6) is 0 Å². The van der Waals surface area contributed by atoms with Crippen molar-refractivity contribution < 1.29 is 0 Å². The molecule has 0 amide bonds. The lowest BCUT2D eigenvalue weighted by Gasteiger charge is -2.24. The van der Waals surface area contributed by atoms with Crippen molar-refractivity contribution in [1.29, 1.82) is 0 Å². The van der Waals surface area contributed by atoms with Gasteiger partial charge in [-0.3, -0.25) is 4.79 Å². The van der Waals surface area contributed by atoms with Gasteiger partial charge in [-0.1, -0.05) is 11.6 Å². The van der Waals surface area contributed by atoms with Crippen molar-refractivity contribution in [2.75, 3.05) is 31.6 Å². The molecule has 0 atom stereocenters. The second-order valence-electron chi connectivity index (χ2n) is 6.87. The summed E-state index contributed by atoms with van der Waals surface area (Å²) in [5, 5.41) is 1.44. The molecule has 1 aliphatic rings. The summed E-state index contributed by atoms with van der Waals surface area (Å²) in [6.45, 7) is 7.60. The number of aromatic nitrogens is 2. The van der Waals surface area contributed by atoms with Gasteiger partial charge in [0.15, 0.2) is 0 Å². The number of benzene rings is 1. The van der Waals surface area contributed by atoms with Crippen LogP contribution in [0.2, 0.25) is 5.02 Å². The predicted molar refractivity (Wildman–Crippen MR) is 114 cm³/mol. The molecule has 0 saturated carbocycles. The summed E-state index contributed by atoms with van der Waals surface area (Å²) in [6.07, 6.45) is 0.897. The monoisotopic (exact) mass is 402 g/mol. The molecule has 27 heavy (non-hydrogen) atoms. The highest BCUT2D eigenvalue weighted by Crippen LogP contribution is 2.33. The molecule has 2 aromatic heterocycles. The first kappa shape index (κ1) is 18.5. The third-order valence-electron chi connectivity index (χ3n) is 5.18. The van der Waals surface area contributed by atoms with Crippen LogP contribution < -0.4 is 10.5 Å². The molecule has 0 fully saturated rings. The Morgan fingerprint density at radius 2 is 1.93 bits per heavy atom. The zero-order chi connectivity index (χ0) is 19.1. The zero-order valence-electron chi connectivity index (χ0n) is 15.8. The zero-order valence-corrected chi connectivity index (χ0v) is 17.4. The quantitative estimate of drug-likeness (QED) is 0.663. The van der Waals surface area contributed by atoms with Crippen LogP contribution in [0.3, 0.4) is 0 Å². The smallest absolute Gasteiger partial charge is 0.268 e. The minimum Gasteiger partial charge on any atom is -0.342 e. The van der Waals surface area contributed by atoms with Crippen molar-refractivity contribution >= 4 is 39.1 Å². The van der Waals surface area contributed by atoms with Gasteiger partial charge < -0.3 is 9.80 Å². The Balaban J connectivity index is 2.03. The standard InChI is InChI=1S/C20H23ClN4OS/c1-4-24(5-2)20-22-18-17(15-10-11-23(3)12-16(15)27-18)19(26)25(20)14-8-6-13(21)7-9-14/h6-9H,4-5,10-12H2,1-3H3. The number of fused-ring (bicyclic) bond motifs is 3. The van der Waals surface area contributed by atoms with Gasteiger partial charge in [-0.15, -0.1) is 11.3 Å². The second-order valence-corrected chi connectivity index (χ2v) is 8.39. The van der Waals surface area contributed by atoms with Crippen LogP contribution in [0, 0.1) is 0 Å². The highest BCUT2D eigenvalue weighted by Gasteiger charge is 2.25. The average molecular weight is 403 g/mol. The van der Waals surface area contributed by atoms with E-state index in [2.05, 4.69) is 30.7 Å². The number of nitrogens with zero attached hydrogens (tertiary/aromatic N) is 4. The molecule has 1 aromatic carbocycles. The molecule has 3 aromatic rings. The van der Waals surface area contributed by atoms with Crippen LogP contribution in [-0.4, -0.2) is 41.1 Å². The molecule has 0 aliphatic carbocycles. The Morgan fingerprint density at radius 3 is 2.59 bits per heavy atom. The van der Waals surface area contributed by atoms with E-state index in [9.17, 15) is 4.79 Å². The number of anilines is 1. The molecule has 0 unspecified atom stereocenters. The van der Waals surface area contributed by atoms with Gasteiger partial charge in [0.1, 0.15) is 4.83 Å². The van der Waals surface area contributed by atoms with E-state index in [0.717, 1.165) is 48.5 Å². The molecule has 142 valence electrons. The predicted octanol–water partition coefficient (Wildman–Crippen LogP) is 3.93. The summed E-state index contributed by atoms with van der Waals surface area (Å²) in [5.41, 5.74) is 2.00. The summed E-state index contributed by atoms with van der Waals surface area (Å²) in [7, 11) is 2.12. The first-order chi connectivity index (χ1) is 13.0. The van der Waals surface area contributed by atoms with E-state index in [1.807, 2.05) is 24.3 Å². The second kappa shape index (κ2) is 7.26. The lowest BCUT2D eigenvalue weighted by atomic mass is 10.1. The van der Waals surface area contributed by atoms with Crippen molar-refractivity contribution in [2.24, 2.45) is 0 Å². The number of rotatable bonds is 4. The molecule has 5 nitrogen and oxygen atoms in total. The lowest BCUT2D eigenvalue weighted by molar-refractivity contribution is 0.318. The SMILES string of the molecule is CCN(CC)c1nc2sc3c(c2c(=O)n1-c1ccc(Cl)cc1)CCN(C)C3. The Kier molecular flexibility index (Phi) is 4.97. The molecular formula is C20H23ClN4OS. The fourth-order valence-electron chi connectivity index (χ4n) is 3.70. The van der Waals surface area contributed by atoms with Crippen LogP contribution in [0.4, 0.5) is 5.95 Å². The van der Waals surface area contributed by atoms with Crippen LogP contribution in [0.1, 0.15) is 24.3 Å². The topological polar surface area (TPSA) is 41.4 Å². The Bertz CT molecular complexity index is 1040. The maximum atomic E-state index is 13.6. The largest absolute Gasteiger partial charge is 0.342 e. The average Bonchev–Trinajstić information content (AvgIpc) is 3.01. The molecular weight excluding hydrogens is 380 g/mol. The molecule has 0 saturated heterocycles. The molecule has 0 spiro atoms. The van der Waals surface area contributed by atoms with Crippen LogP contribution in [-0.2, 0) is 13.0 Å². The van der Waals surface area contributed by atoms with E-state index >= 15 is 0 Å². The molecule has 0 bridgehead atoms. The maximum Gasteiger partial charge on any atom is 0.268 e. The highest BCUT2D eigenvalue weighted by atomic mass is 35.5. The minimum absolute atomic E-state index is 0.0197. The van der Waals surface area contributed by atoms with Gasteiger partial charge in [0.05, 0.1) is 11.1 Å². The maximum absolute atomic E-state index is 13.6. The summed E-state index contributed by atoms with van der Waals surface area (Å²) >= 11 is 7.73. The van der Waals surface area contributed by atoms with Gasteiger partial charge >= 0.3 is 0 Å². The van der Waals surface area contributed by atoms with Gasteiger partial charge in [-0.25, -0.2) is 9.55 Å². The van der Waals surface area contributed by atoms with Gasteiger partial charge in [-0.2, -0.15) is 0 Å². The number of hydrogen-bond acceptors (Lipinski definition) is 5. The first-order valence-corrected chi connectivity index (χ1v) is 10.5. The highest BCUT2D eigenvalue weighted by molar-refractivity contribution is 7.18. The van der Waals surface area contributed by atoms with Crippen LogP contribution in [0.25, 0.3) is 15.9 Å². The fourth-order valence-corrected chi connectivity index (χ4v) is 5.11. The Labute approximate surface area is 167 Å². The van der Waals surface area contributed by atoms with Crippen molar-refractivity contribution in [3.63, 3.8) is 0 Å². The third-order valence-corrected chi connectivity index (χ3v) is 6.54. The molecule has 0 N–H and O–H groups in total. The number of halogens is 1. The summed E-state index contributed by atoms with van der Waals surface area (Å²) < 4.78 is 1.75. The van der Waals surface area contributed by atoms with Gasteiger partial charge in [0.2, 0.25) is 5.95 Å². The normalized spacial score (nSPS) is 14.5. The molecule has 4 rings (SSSR count). The fraction of sp³-hybridized carbons (Fsp3) is 0.400. The number of likely N-dealkylation sites (N-methyl/N-ethyl adjacent to an activating group) is 1. The van der Waals surface area contributed by atoms with E-state index in [1.165, 1.54) is 10.4 Å². The minimum atomic E-state index is 0.0197. The van der Waals surface area contributed by atoms with Crippen molar-refractivity contribution in [3.8, 4) is 5.69 Å². The third kappa shape index (κ3) is 3.16. The van der Waals surface area contributed by atoms with Gasteiger partial charge in [0, 0.05) is 36.1 Å². The van der Waals surface area contributed by atoms with Gasteiger partial charge in [0.25, 0.3) is 5.56 Å². The van der Waals surface area contributed by atoms with E-state index in [-0.39, 0.29) is 5.56 Å².